The first-order chi connectivity index (χ1) is 7.62. The molecule has 0 unspecified atom stereocenters. The summed E-state index contributed by atoms with van der Waals surface area (Å²) in [6.07, 6.45) is 0. The Hall–Kier alpha value is -0.820. The summed E-state index contributed by atoms with van der Waals surface area (Å²) in [6, 6.07) is 8.94. The van der Waals surface area contributed by atoms with Gasteiger partial charge in [-0.1, -0.05) is 65.8 Å². The van der Waals surface area contributed by atoms with E-state index in [4.69, 9.17) is 0 Å². The largest absolute Gasteiger partial charge is 0.388 e. The molecule has 0 aliphatic heterocycles. The van der Waals surface area contributed by atoms with Crippen LogP contribution in [0, 0.1) is 0 Å². The van der Waals surface area contributed by atoms with Crippen molar-refractivity contribution in [2.45, 2.75) is 52.4 Å². The Morgan fingerprint density at radius 1 is 0.765 bits per heavy atom. The van der Waals surface area contributed by atoms with E-state index >= 15 is 0 Å². The van der Waals surface area contributed by atoms with Gasteiger partial charge in [0, 0.05) is 14.2 Å². The van der Waals surface area contributed by atoms with E-state index < -0.39 is 0 Å². The quantitative estimate of drug-likeness (QED) is 0.642. The van der Waals surface area contributed by atoms with Crippen LogP contribution in [-0.4, -0.2) is 14.2 Å². The highest BCUT2D eigenvalue weighted by atomic mass is 16.4. The topological polar surface area (TPSA) is 9.23 Å². The van der Waals surface area contributed by atoms with E-state index in [0.29, 0.717) is 0 Å². The molecular formula is C16H28O. The number of methoxy groups -OCH3 is 1. The molecule has 0 radical (unpaired) electrons. The Balaban J connectivity index is 0.000000770. The molecule has 17 heavy (non-hydrogen) atoms. The maximum Gasteiger partial charge on any atom is 0.0351 e. The lowest BCUT2D eigenvalue weighted by Crippen LogP contribution is -2.15. The van der Waals surface area contributed by atoms with Gasteiger partial charge in [-0.05, 0) is 22.0 Å². The summed E-state index contributed by atoms with van der Waals surface area (Å²) in [5.41, 5.74) is 3.34. The van der Waals surface area contributed by atoms with Crippen LogP contribution in [0.4, 0.5) is 0 Å². The number of benzene rings is 1. The molecular weight excluding hydrogens is 208 g/mol. The fraction of sp³-hybridized carbons (Fsp3) is 0.625. The maximum atomic E-state index is 4.25. The molecule has 0 spiro atoms. The zero-order valence-electron chi connectivity index (χ0n) is 12.7. The van der Waals surface area contributed by atoms with Gasteiger partial charge in [0.05, 0.1) is 0 Å². The Morgan fingerprint density at radius 3 is 1.29 bits per heavy atom. The molecule has 1 aromatic carbocycles. The first-order valence-corrected chi connectivity index (χ1v) is 6.14. The minimum absolute atomic E-state index is 0.251. The second-order valence-corrected chi connectivity index (χ2v) is 6.49. The van der Waals surface area contributed by atoms with Crippen molar-refractivity contribution >= 4 is 0 Å². The fourth-order valence-corrected chi connectivity index (χ4v) is 1.45. The second kappa shape index (κ2) is 6.20. The van der Waals surface area contributed by atoms with Crippen LogP contribution in [0.5, 0.6) is 0 Å². The average Bonchev–Trinajstić information content (AvgIpc) is 2.16. The van der Waals surface area contributed by atoms with Crippen molar-refractivity contribution in [1.82, 2.24) is 0 Å². The summed E-state index contributed by atoms with van der Waals surface area (Å²) in [5.74, 6) is 0. The number of rotatable bonds is 0. The average molecular weight is 236 g/mol. The van der Waals surface area contributed by atoms with E-state index in [2.05, 4.69) is 70.5 Å². The van der Waals surface area contributed by atoms with Gasteiger partial charge in [-0.3, -0.25) is 0 Å². The van der Waals surface area contributed by atoms with E-state index in [0.717, 1.165) is 0 Å². The molecule has 0 saturated heterocycles. The maximum absolute atomic E-state index is 4.25. The van der Waals surface area contributed by atoms with Gasteiger partial charge in [0.25, 0.3) is 0 Å². The summed E-state index contributed by atoms with van der Waals surface area (Å²) in [6.45, 7) is 13.6. The third kappa shape index (κ3) is 5.88. The molecule has 0 N–H and O–H groups in total. The van der Waals surface area contributed by atoms with Crippen LogP contribution >= 0.6 is 0 Å². The lowest BCUT2D eigenvalue weighted by Gasteiger charge is -2.24. The lowest BCUT2D eigenvalue weighted by molar-refractivity contribution is 0.277. The van der Waals surface area contributed by atoms with Crippen LogP contribution in [0.3, 0.4) is 0 Å². The third-order valence-electron chi connectivity index (χ3n) is 2.59. The molecule has 1 rings (SSSR count). The zero-order chi connectivity index (χ0) is 13.7. The van der Waals surface area contributed by atoms with Crippen LogP contribution < -0.4 is 0 Å². The summed E-state index contributed by atoms with van der Waals surface area (Å²) >= 11 is 0. The molecule has 1 aromatic rings. The number of ether oxygens (including phenoxy) is 1. The second-order valence-electron chi connectivity index (χ2n) is 6.49. The smallest absolute Gasteiger partial charge is 0.0351 e. The van der Waals surface area contributed by atoms with E-state index in [1.54, 1.807) is 14.2 Å². The Kier molecular flexibility index (Phi) is 5.91. The molecule has 0 amide bonds. The predicted octanol–water partition coefficient (Wildman–Crippen LogP) is 4.54. The monoisotopic (exact) mass is 236 g/mol. The summed E-state index contributed by atoms with van der Waals surface area (Å²) in [7, 11) is 3.25. The van der Waals surface area contributed by atoms with Gasteiger partial charge in [0.1, 0.15) is 0 Å². The molecule has 0 fully saturated rings. The standard InChI is InChI=1S/C14H22.C2H6O/c1-13(2,3)11-8-7-9-12(10-11)14(4,5)6;1-3-2/h7-10H,1-6H3;1-2H3. The Bertz CT molecular complexity index is 297. The van der Waals surface area contributed by atoms with E-state index in [-0.39, 0.29) is 10.8 Å². The lowest BCUT2D eigenvalue weighted by atomic mass is 9.81. The zero-order valence-corrected chi connectivity index (χ0v) is 12.7. The highest BCUT2D eigenvalue weighted by Crippen LogP contribution is 2.28. The van der Waals surface area contributed by atoms with E-state index in [1.807, 2.05) is 0 Å². The van der Waals surface area contributed by atoms with Crippen LogP contribution in [0.2, 0.25) is 0 Å². The SMILES string of the molecule is CC(C)(C)c1cccc(C(C)(C)C)c1.COC. The van der Waals surface area contributed by atoms with Crippen molar-refractivity contribution in [3.63, 3.8) is 0 Å². The van der Waals surface area contributed by atoms with Crippen LogP contribution in [0.15, 0.2) is 24.3 Å². The van der Waals surface area contributed by atoms with Crippen molar-refractivity contribution in [1.29, 1.82) is 0 Å². The van der Waals surface area contributed by atoms with Gasteiger partial charge < -0.3 is 4.74 Å². The van der Waals surface area contributed by atoms with Gasteiger partial charge in [-0.2, -0.15) is 0 Å². The molecule has 0 atom stereocenters. The molecule has 0 bridgehead atoms. The van der Waals surface area contributed by atoms with E-state index in [9.17, 15) is 0 Å². The molecule has 0 aromatic heterocycles. The van der Waals surface area contributed by atoms with Gasteiger partial charge in [-0.15, -0.1) is 0 Å². The van der Waals surface area contributed by atoms with Crippen LogP contribution in [0.1, 0.15) is 52.7 Å². The van der Waals surface area contributed by atoms with Crippen LogP contribution in [0.25, 0.3) is 0 Å². The minimum Gasteiger partial charge on any atom is -0.388 e. The first kappa shape index (κ1) is 16.2. The molecule has 0 saturated carbocycles. The first-order valence-electron chi connectivity index (χ1n) is 6.14. The van der Waals surface area contributed by atoms with Crippen molar-refractivity contribution in [3.8, 4) is 0 Å². The normalized spacial score (nSPS) is 11.8. The molecule has 1 heteroatoms. The summed E-state index contributed by atoms with van der Waals surface area (Å²) < 4.78 is 4.25. The molecule has 98 valence electrons. The third-order valence-corrected chi connectivity index (χ3v) is 2.59. The number of hydrogen-bond acceptors (Lipinski definition) is 1. The fourth-order valence-electron chi connectivity index (χ4n) is 1.45. The van der Waals surface area contributed by atoms with Gasteiger partial charge >= 0.3 is 0 Å². The van der Waals surface area contributed by atoms with Crippen molar-refractivity contribution in [2.24, 2.45) is 0 Å². The van der Waals surface area contributed by atoms with E-state index in [1.165, 1.54) is 11.1 Å². The number of hydrogen-bond donors (Lipinski definition) is 0. The molecule has 1 nitrogen and oxygen atoms in total. The molecule has 0 aliphatic carbocycles. The highest BCUT2D eigenvalue weighted by Gasteiger charge is 2.18. The highest BCUT2D eigenvalue weighted by molar-refractivity contribution is 5.32. The van der Waals surface area contributed by atoms with Gasteiger partial charge in [0.2, 0.25) is 0 Å². The van der Waals surface area contributed by atoms with Gasteiger partial charge in [-0.25, -0.2) is 0 Å². The van der Waals surface area contributed by atoms with Gasteiger partial charge in [0.15, 0.2) is 0 Å². The van der Waals surface area contributed by atoms with Crippen molar-refractivity contribution in [3.05, 3.63) is 35.4 Å². The summed E-state index contributed by atoms with van der Waals surface area (Å²) in [5, 5.41) is 0. The summed E-state index contributed by atoms with van der Waals surface area (Å²) in [4.78, 5) is 0. The van der Waals surface area contributed by atoms with Crippen molar-refractivity contribution in [2.75, 3.05) is 14.2 Å². The Labute approximate surface area is 107 Å². The Morgan fingerprint density at radius 2 is 1.06 bits per heavy atom. The van der Waals surface area contributed by atoms with Crippen LogP contribution in [-0.2, 0) is 15.6 Å². The predicted molar refractivity (Wildman–Crippen MR) is 76.8 cm³/mol. The molecule has 0 aliphatic rings. The van der Waals surface area contributed by atoms with Crippen molar-refractivity contribution < 1.29 is 4.74 Å². The molecule has 0 heterocycles. The minimum atomic E-state index is 0.251.